The molecule has 1 aliphatic heterocycles. The maximum atomic E-state index is 11.2. The number of carbonyl (C=O) groups excluding carboxylic acids is 1. The lowest BCUT2D eigenvalue weighted by Crippen LogP contribution is -2.38. The number of ether oxygens (including phenoxy) is 2. The van der Waals surface area contributed by atoms with Gasteiger partial charge in [0.2, 0.25) is 5.91 Å². The van der Waals surface area contributed by atoms with Gasteiger partial charge in [-0.2, -0.15) is 0 Å². The number of hydrogen-bond acceptors (Lipinski definition) is 3. The Morgan fingerprint density at radius 3 is 2.70 bits per heavy atom. The van der Waals surface area contributed by atoms with E-state index < -0.39 is 17.8 Å². The molecule has 1 saturated carbocycles. The van der Waals surface area contributed by atoms with Gasteiger partial charge in [0.25, 0.3) is 0 Å². The van der Waals surface area contributed by atoms with Crippen LogP contribution >= 0.6 is 15.9 Å². The van der Waals surface area contributed by atoms with Crippen LogP contribution in [0.2, 0.25) is 0 Å². The Balaban J connectivity index is 1.64. The number of rotatable bonds is 2. The van der Waals surface area contributed by atoms with Crippen molar-refractivity contribution in [1.29, 1.82) is 0 Å². The van der Waals surface area contributed by atoms with Crippen LogP contribution in [0.15, 0.2) is 28.7 Å². The summed E-state index contributed by atoms with van der Waals surface area (Å²) in [4.78, 5) is 11.2. The van der Waals surface area contributed by atoms with Crippen molar-refractivity contribution in [2.24, 2.45) is 5.73 Å². The predicted octanol–water partition coefficient (Wildman–Crippen LogP) is 2.70. The Labute approximate surface area is 126 Å². The number of primary amides is 1. The van der Waals surface area contributed by atoms with Crippen LogP contribution in [-0.4, -0.2) is 24.4 Å². The molecule has 2 N–H and O–H groups in total. The molecule has 2 aliphatic rings. The number of amides is 1. The van der Waals surface area contributed by atoms with Gasteiger partial charge in [-0.05, 0) is 36.5 Å². The Bertz CT molecular complexity index is 512. The standard InChI is InChI=1S/C15H18BrNO3/c16-12-3-1-2-11(8-12)10-4-6-15(7-5-10)19-9-13(20-15)14(17)18/h1-3,8,10,13H,4-7,9H2,(H2,17,18). The molecule has 1 atom stereocenters. The molecule has 0 aromatic heterocycles. The monoisotopic (exact) mass is 339 g/mol. The third-order valence-electron chi connectivity index (χ3n) is 4.24. The Hall–Kier alpha value is -0.910. The molecular weight excluding hydrogens is 322 g/mol. The highest BCUT2D eigenvalue weighted by Crippen LogP contribution is 2.43. The summed E-state index contributed by atoms with van der Waals surface area (Å²) >= 11 is 3.51. The fourth-order valence-corrected chi connectivity index (χ4v) is 3.53. The molecule has 1 aliphatic carbocycles. The average Bonchev–Trinajstić information content (AvgIpc) is 2.84. The molecule has 0 radical (unpaired) electrons. The summed E-state index contributed by atoms with van der Waals surface area (Å²) in [7, 11) is 0. The van der Waals surface area contributed by atoms with Crippen LogP contribution in [0.3, 0.4) is 0 Å². The largest absolute Gasteiger partial charge is 0.367 e. The molecule has 1 saturated heterocycles. The van der Waals surface area contributed by atoms with Gasteiger partial charge in [-0.15, -0.1) is 0 Å². The summed E-state index contributed by atoms with van der Waals surface area (Å²) in [6.45, 7) is 0.289. The normalized spacial score (nSPS) is 33.5. The van der Waals surface area contributed by atoms with Crippen LogP contribution in [-0.2, 0) is 14.3 Å². The lowest BCUT2D eigenvalue weighted by atomic mass is 9.81. The molecule has 1 aromatic carbocycles. The molecule has 20 heavy (non-hydrogen) atoms. The molecule has 4 nitrogen and oxygen atoms in total. The van der Waals surface area contributed by atoms with Crippen LogP contribution in [0.1, 0.15) is 37.2 Å². The maximum absolute atomic E-state index is 11.2. The van der Waals surface area contributed by atoms with Crippen molar-refractivity contribution in [3.63, 3.8) is 0 Å². The van der Waals surface area contributed by atoms with E-state index in [9.17, 15) is 4.79 Å². The number of hydrogen-bond donors (Lipinski definition) is 1. The minimum absolute atomic E-state index is 0.289. The first kappa shape index (κ1) is 14.0. The maximum Gasteiger partial charge on any atom is 0.249 e. The van der Waals surface area contributed by atoms with Crippen LogP contribution in [0.25, 0.3) is 0 Å². The molecular formula is C15H18BrNO3. The van der Waals surface area contributed by atoms with E-state index in [1.54, 1.807) is 0 Å². The molecule has 3 rings (SSSR count). The Morgan fingerprint density at radius 1 is 1.35 bits per heavy atom. The van der Waals surface area contributed by atoms with Crippen molar-refractivity contribution in [2.75, 3.05) is 6.61 Å². The van der Waals surface area contributed by atoms with Crippen LogP contribution in [0.5, 0.6) is 0 Å². The van der Waals surface area contributed by atoms with Crippen LogP contribution in [0.4, 0.5) is 0 Å². The lowest BCUT2D eigenvalue weighted by Gasteiger charge is -2.35. The van der Waals surface area contributed by atoms with E-state index in [0.717, 1.165) is 30.2 Å². The van der Waals surface area contributed by atoms with Gasteiger partial charge in [-0.1, -0.05) is 28.1 Å². The van der Waals surface area contributed by atoms with E-state index in [-0.39, 0.29) is 6.61 Å². The summed E-state index contributed by atoms with van der Waals surface area (Å²) in [5, 5.41) is 0. The predicted molar refractivity (Wildman–Crippen MR) is 78.1 cm³/mol. The summed E-state index contributed by atoms with van der Waals surface area (Å²) in [6, 6.07) is 8.44. The third kappa shape index (κ3) is 2.75. The Kier molecular flexibility index (Phi) is 3.84. The highest BCUT2D eigenvalue weighted by molar-refractivity contribution is 9.10. The molecule has 2 fully saturated rings. The summed E-state index contributed by atoms with van der Waals surface area (Å²) < 4.78 is 12.6. The van der Waals surface area contributed by atoms with Gasteiger partial charge in [0.15, 0.2) is 11.9 Å². The van der Waals surface area contributed by atoms with Crippen molar-refractivity contribution < 1.29 is 14.3 Å². The van der Waals surface area contributed by atoms with Gasteiger partial charge in [-0.3, -0.25) is 4.79 Å². The summed E-state index contributed by atoms with van der Waals surface area (Å²) in [6.07, 6.45) is 3.05. The molecule has 1 heterocycles. The number of nitrogens with two attached hydrogens (primary N) is 1. The molecule has 1 aromatic rings. The molecule has 0 bridgehead atoms. The minimum atomic E-state index is -0.586. The first-order chi connectivity index (χ1) is 9.58. The van der Waals surface area contributed by atoms with Gasteiger partial charge in [0, 0.05) is 17.3 Å². The lowest BCUT2D eigenvalue weighted by molar-refractivity contribution is -0.190. The summed E-state index contributed by atoms with van der Waals surface area (Å²) in [5.41, 5.74) is 6.62. The zero-order chi connectivity index (χ0) is 14.2. The highest BCUT2D eigenvalue weighted by atomic mass is 79.9. The van der Waals surface area contributed by atoms with E-state index in [1.807, 2.05) is 6.07 Å². The van der Waals surface area contributed by atoms with Gasteiger partial charge in [0.05, 0.1) is 6.61 Å². The smallest absolute Gasteiger partial charge is 0.249 e. The van der Waals surface area contributed by atoms with Crippen molar-refractivity contribution in [3.05, 3.63) is 34.3 Å². The molecule has 1 unspecified atom stereocenters. The quantitative estimate of drug-likeness (QED) is 0.900. The van der Waals surface area contributed by atoms with E-state index in [0.29, 0.717) is 5.92 Å². The number of carbonyl (C=O) groups is 1. The second kappa shape index (κ2) is 5.47. The SMILES string of the molecule is NC(=O)C1COC2(CCC(c3cccc(Br)c3)CC2)O1. The van der Waals surface area contributed by atoms with E-state index in [4.69, 9.17) is 15.2 Å². The van der Waals surface area contributed by atoms with Gasteiger partial charge in [0.1, 0.15) is 0 Å². The first-order valence-corrected chi connectivity index (χ1v) is 7.74. The second-order valence-electron chi connectivity index (χ2n) is 5.56. The molecule has 1 spiro atoms. The topological polar surface area (TPSA) is 61.6 Å². The first-order valence-electron chi connectivity index (χ1n) is 6.94. The molecule has 108 valence electrons. The fraction of sp³-hybridized carbons (Fsp3) is 0.533. The minimum Gasteiger partial charge on any atom is -0.367 e. The van der Waals surface area contributed by atoms with E-state index in [2.05, 4.69) is 34.1 Å². The van der Waals surface area contributed by atoms with Gasteiger partial charge >= 0.3 is 0 Å². The average molecular weight is 340 g/mol. The van der Waals surface area contributed by atoms with E-state index >= 15 is 0 Å². The van der Waals surface area contributed by atoms with Crippen LogP contribution in [0, 0.1) is 0 Å². The van der Waals surface area contributed by atoms with Crippen molar-refractivity contribution in [3.8, 4) is 0 Å². The molecule has 1 amide bonds. The Morgan fingerprint density at radius 2 is 2.10 bits per heavy atom. The zero-order valence-electron chi connectivity index (χ0n) is 11.2. The second-order valence-corrected chi connectivity index (χ2v) is 6.48. The number of halogens is 1. The van der Waals surface area contributed by atoms with Crippen molar-refractivity contribution >= 4 is 21.8 Å². The summed E-state index contributed by atoms with van der Waals surface area (Å²) in [5.74, 6) is -0.490. The number of benzene rings is 1. The van der Waals surface area contributed by atoms with E-state index in [1.165, 1.54) is 5.56 Å². The highest BCUT2D eigenvalue weighted by Gasteiger charge is 2.45. The van der Waals surface area contributed by atoms with Gasteiger partial charge < -0.3 is 15.2 Å². The zero-order valence-corrected chi connectivity index (χ0v) is 12.8. The molecule has 5 heteroatoms. The van der Waals surface area contributed by atoms with Crippen molar-refractivity contribution in [1.82, 2.24) is 0 Å². The van der Waals surface area contributed by atoms with Crippen LogP contribution < -0.4 is 5.73 Å². The fourth-order valence-electron chi connectivity index (χ4n) is 3.11. The van der Waals surface area contributed by atoms with Crippen molar-refractivity contribution in [2.45, 2.75) is 43.5 Å². The third-order valence-corrected chi connectivity index (χ3v) is 4.73. The van der Waals surface area contributed by atoms with Gasteiger partial charge in [-0.25, -0.2) is 0 Å².